The molecule has 0 fully saturated rings. The molecular weight excluding hydrogens is 642 g/mol. The van der Waals surface area contributed by atoms with Crippen molar-refractivity contribution in [3.63, 3.8) is 0 Å². The molecule has 0 saturated carbocycles. The number of hydrogen-bond acceptors (Lipinski definition) is 14. The number of phosphoric acid groups is 2. The first-order chi connectivity index (χ1) is 21.1. The second-order valence-electron chi connectivity index (χ2n) is 9.17. The zero-order valence-electron chi connectivity index (χ0n) is 26.2. The largest absolute Gasteiger partial charge is 0.475 e. The quantitative estimate of drug-likeness (QED) is 0.0394. The fourth-order valence-corrected chi connectivity index (χ4v) is 5.36. The van der Waals surface area contributed by atoms with Gasteiger partial charge in [-0.3, -0.25) is 41.5 Å². The van der Waals surface area contributed by atoms with Gasteiger partial charge in [0, 0.05) is 33.9 Å². The van der Waals surface area contributed by atoms with E-state index in [9.17, 15) is 33.4 Å². The summed E-state index contributed by atoms with van der Waals surface area (Å²) in [7, 11) is -8.37. The van der Waals surface area contributed by atoms with Gasteiger partial charge in [-0.1, -0.05) is 12.2 Å². The number of carbonyl (C=O) groups excluding carboxylic acids is 4. The summed E-state index contributed by atoms with van der Waals surface area (Å²) in [6.07, 6.45) is 0.764. The molecule has 0 saturated heterocycles. The Kier molecular flexibility index (Phi) is 21.4. The second-order valence-corrected chi connectivity index (χ2v) is 12.5. The highest BCUT2D eigenvalue weighted by Gasteiger charge is 2.31. The molecule has 0 bridgehead atoms. The fraction of sp³-hybridized carbons (Fsp3) is 0.680. The van der Waals surface area contributed by atoms with Crippen LogP contribution >= 0.6 is 15.6 Å². The van der Waals surface area contributed by atoms with E-state index in [-0.39, 0.29) is 46.1 Å². The maximum Gasteiger partial charge on any atom is 0.475 e. The Morgan fingerprint density at radius 2 is 1.16 bits per heavy atom. The van der Waals surface area contributed by atoms with Crippen LogP contribution in [-0.4, -0.2) is 106 Å². The predicted molar refractivity (Wildman–Crippen MR) is 161 cm³/mol. The van der Waals surface area contributed by atoms with E-state index in [2.05, 4.69) is 34.4 Å². The van der Waals surface area contributed by atoms with E-state index < -0.39 is 70.4 Å². The van der Waals surface area contributed by atoms with Crippen LogP contribution in [0.5, 0.6) is 0 Å². The summed E-state index contributed by atoms with van der Waals surface area (Å²) in [4.78, 5) is 46.3. The number of hydrogen-bond donors (Lipinski definition) is 5. The first-order valence-corrected chi connectivity index (χ1v) is 16.7. The molecule has 5 unspecified atom stereocenters. The Hall–Kier alpha value is -2.66. The lowest BCUT2D eigenvalue weighted by molar-refractivity contribution is -0.148. The number of urea groups is 1. The average Bonchev–Trinajstić information content (AvgIpc) is 2.95. The lowest BCUT2D eigenvalue weighted by Gasteiger charge is -2.26. The van der Waals surface area contributed by atoms with Gasteiger partial charge in [0.25, 0.3) is 0 Å². The minimum Gasteiger partial charge on any atom is -0.461 e. The first-order valence-electron chi connectivity index (χ1n) is 13.8. The zero-order valence-corrected chi connectivity index (χ0v) is 28.0. The third kappa shape index (κ3) is 20.9. The van der Waals surface area contributed by atoms with Crippen molar-refractivity contribution in [2.24, 2.45) is 0 Å². The van der Waals surface area contributed by atoms with Gasteiger partial charge < -0.3 is 31.1 Å². The third-order valence-electron chi connectivity index (χ3n) is 5.08. The standard InChI is InChI=1S/C25H46N4O14P2/c1-8-12-37-44(35,41-16-23(18(3)30)28-20(5)31)39-14-10-26-25(34)27-11-15-40-45(36,38-13-9-2)42-17-24(29-21(6)32)19(4)43-22(7)33/h8-9,18-19,23-24,30H,1-2,10-17H2,3-7H3,(H,28,31)(H,29,32)(H2,26,27,34)/t18?,19?,23?,24-,44?,45?/m0/s1. The van der Waals surface area contributed by atoms with Gasteiger partial charge in [-0.25, -0.2) is 13.9 Å². The van der Waals surface area contributed by atoms with Crippen LogP contribution in [0.3, 0.4) is 0 Å². The molecule has 0 aromatic carbocycles. The molecule has 0 aliphatic carbocycles. The van der Waals surface area contributed by atoms with Crippen molar-refractivity contribution in [3.05, 3.63) is 25.3 Å². The Morgan fingerprint density at radius 1 is 0.733 bits per heavy atom. The zero-order chi connectivity index (χ0) is 34.5. The van der Waals surface area contributed by atoms with E-state index >= 15 is 0 Å². The normalized spacial score (nSPS) is 16.4. The van der Waals surface area contributed by atoms with Gasteiger partial charge >= 0.3 is 27.6 Å². The molecule has 18 nitrogen and oxygen atoms in total. The summed E-state index contributed by atoms with van der Waals surface area (Å²) >= 11 is 0. The highest BCUT2D eigenvalue weighted by Crippen LogP contribution is 2.50. The van der Waals surface area contributed by atoms with Gasteiger partial charge in [0.05, 0.1) is 57.8 Å². The van der Waals surface area contributed by atoms with Crippen LogP contribution in [0.25, 0.3) is 0 Å². The average molecular weight is 689 g/mol. The number of nitrogens with one attached hydrogen (secondary N) is 4. The van der Waals surface area contributed by atoms with Crippen molar-refractivity contribution in [2.75, 3.05) is 52.7 Å². The Morgan fingerprint density at radius 3 is 1.53 bits per heavy atom. The molecule has 6 atom stereocenters. The highest BCUT2D eigenvalue weighted by molar-refractivity contribution is 7.48. The van der Waals surface area contributed by atoms with Crippen molar-refractivity contribution in [3.8, 4) is 0 Å². The summed E-state index contributed by atoms with van der Waals surface area (Å²) in [6.45, 7) is 11.4. The minimum absolute atomic E-state index is 0.141. The molecule has 0 heterocycles. The lowest BCUT2D eigenvalue weighted by Crippen LogP contribution is -2.46. The highest BCUT2D eigenvalue weighted by atomic mass is 31.2. The van der Waals surface area contributed by atoms with Crippen molar-refractivity contribution in [2.45, 2.75) is 58.9 Å². The lowest BCUT2D eigenvalue weighted by atomic mass is 10.2. The van der Waals surface area contributed by atoms with E-state index in [1.54, 1.807) is 0 Å². The molecule has 4 amide bonds. The van der Waals surface area contributed by atoms with Crippen LogP contribution in [0.15, 0.2) is 25.3 Å². The molecule has 0 aromatic rings. The van der Waals surface area contributed by atoms with Crippen LogP contribution in [0.4, 0.5) is 4.79 Å². The molecule has 0 radical (unpaired) electrons. The van der Waals surface area contributed by atoms with Gasteiger partial charge in [0.15, 0.2) is 0 Å². The van der Waals surface area contributed by atoms with Crippen molar-refractivity contribution >= 4 is 39.5 Å². The van der Waals surface area contributed by atoms with Gasteiger partial charge in [-0.15, -0.1) is 13.2 Å². The fourth-order valence-electron chi connectivity index (χ4n) is 3.02. The molecule has 0 spiro atoms. The maximum atomic E-state index is 13.0. The van der Waals surface area contributed by atoms with Crippen LogP contribution in [0.1, 0.15) is 34.6 Å². The first kappa shape index (κ1) is 42.3. The number of aliphatic hydroxyl groups is 1. The van der Waals surface area contributed by atoms with Crippen LogP contribution in [0.2, 0.25) is 0 Å². The summed E-state index contributed by atoms with van der Waals surface area (Å²) in [6, 6.07) is -2.45. The third-order valence-corrected chi connectivity index (χ3v) is 7.94. The number of aliphatic hydroxyl groups excluding tert-OH is 1. The Labute approximate surface area is 263 Å². The van der Waals surface area contributed by atoms with Gasteiger partial charge in [0.1, 0.15) is 6.10 Å². The number of amides is 4. The summed E-state index contributed by atoms with van der Waals surface area (Å²) in [5, 5.41) is 19.6. The monoisotopic (exact) mass is 688 g/mol. The van der Waals surface area contributed by atoms with E-state index in [0.717, 1.165) is 0 Å². The smallest absolute Gasteiger partial charge is 0.461 e. The Balaban J connectivity index is 4.84. The SMILES string of the molecule is C=CCOP(=O)(OCCNC(=O)NCCOP(=O)(OCC=C)OC[C@H](NC(C)=O)C(C)OC(C)=O)OCC(NC(C)=O)C(C)O. The number of esters is 1. The Bertz CT molecular complexity index is 1060. The number of rotatable bonds is 25. The molecular formula is C25H46N4O14P2. The van der Waals surface area contributed by atoms with Crippen LogP contribution in [0, 0.1) is 0 Å². The van der Waals surface area contributed by atoms with Crippen molar-refractivity contribution < 1.29 is 65.3 Å². The second kappa shape index (κ2) is 22.8. The van der Waals surface area contributed by atoms with Crippen LogP contribution in [-0.2, 0) is 55.4 Å². The maximum absolute atomic E-state index is 13.0. The predicted octanol–water partition coefficient (Wildman–Crippen LogP) is 1.32. The molecule has 5 N–H and O–H groups in total. The summed E-state index contributed by atoms with van der Waals surface area (Å²) in [5.74, 6) is -1.48. The topological polar surface area (TPSA) is 235 Å². The molecule has 0 aromatic heterocycles. The van der Waals surface area contributed by atoms with Crippen molar-refractivity contribution in [1.82, 2.24) is 21.3 Å². The van der Waals surface area contributed by atoms with Gasteiger partial charge in [0.2, 0.25) is 11.8 Å². The van der Waals surface area contributed by atoms with Crippen LogP contribution < -0.4 is 21.3 Å². The van der Waals surface area contributed by atoms with E-state index in [0.29, 0.717) is 0 Å². The summed E-state index contributed by atoms with van der Waals surface area (Å²) in [5.41, 5.74) is 0. The number of carbonyl (C=O) groups is 4. The number of phosphoric ester groups is 2. The molecule has 20 heteroatoms. The van der Waals surface area contributed by atoms with E-state index in [4.69, 9.17) is 31.9 Å². The molecule has 0 aliphatic heterocycles. The van der Waals surface area contributed by atoms with E-state index in [1.165, 1.54) is 46.8 Å². The summed E-state index contributed by atoms with van der Waals surface area (Å²) < 4.78 is 62.3. The van der Waals surface area contributed by atoms with Gasteiger partial charge in [-0.05, 0) is 13.8 Å². The molecule has 260 valence electrons. The number of ether oxygens (including phenoxy) is 1. The van der Waals surface area contributed by atoms with Gasteiger partial charge in [-0.2, -0.15) is 0 Å². The van der Waals surface area contributed by atoms with Crippen molar-refractivity contribution in [1.29, 1.82) is 0 Å². The molecule has 0 rings (SSSR count). The minimum atomic E-state index is -4.21. The van der Waals surface area contributed by atoms with E-state index in [1.807, 2.05) is 0 Å². The molecule has 0 aliphatic rings. The molecule has 45 heavy (non-hydrogen) atoms.